The second kappa shape index (κ2) is 14.7. The number of aromatic nitrogens is 5. The Morgan fingerprint density at radius 3 is 1.34 bits per heavy atom. The minimum absolute atomic E-state index is 0.234. The summed E-state index contributed by atoms with van der Waals surface area (Å²) in [6.45, 7) is 0. The molecule has 12 rings (SSSR count). The van der Waals surface area contributed by atoms with Crippen LogP contribution in [0.15, 0.2) is 224 Å². The Hall–Kier alpha value is -8.41. The van der Waals surface area contributed by atoms with E-state index in [1.54, 1.807) is 18.2 Å². The summed E-state index contributed by atoms with van der Waals surface area (Å²) in [4.78, 5) is 14.6. The molecule has 0 spiro atoms. The van der Waals surface area contributed by atoms with Gasteiger partial charge in [0.05, 0.1) is 49.5 Å². The SMILES string of the molecule is [2H]c1c([2H])c([2H])c(-c2c([2H])c([2H])c3c4c([2H])c([2H])c([2H])c([2H])c4n(-c4nc(-c5cccc(-c6cccc(-c7ccc(-c8ccccc8)cc7)c6)c5)nc(-n5c6c([2H])c([2H])c([2H])c([2H])c6c6c([2H])c([2H])c([2H])c([2H])c65)n4)c3c2[2H])c([2H])c1[2H]. The number of nitrogens with zero attached hydrogens (tertiary/aromatic N) is 5. The maximum absolute atomic E-state index is 9.92. The highest BCUT2D eigenvalue weighted by Crippen LogP contribution is 2.37. The zero-order valence-electron chi connectivity index (χ0n) is 52.1. The first kappa shape index (κ1) is 20.7. The minimum atomic E-state index is -0.824. The molecule has 0 amide bonds. The molecule has 62 heavy (non-hydrogen) atoms. The smallest absolute Gasteiger partial charge is 0.240 e. The Balaban J connectivity index is 1.20. The van der Waals surface area contributed by atoms with Gasteiger partial charge in [-0.25, -0.2) is 0 Å². The Labute approximate surface area is 386 Å². The fourth-order valence-electron chi connectivity index (χ4n) is 7.72. The quantitative estimate of drug-likeness (QED) is 0.161. The van der Waals surface area contributed by atoms with Crippen molar-refractivity contribution in [2.24, 2.45) is 0 Å². The van der Waals surface area contributed by atoms with Crippen LogP contribution >= 0.6 is 0 Å². The average molecular weight is 812 g/mol. The summed E-state index contributed by atoms with van der Waals surface area (Å²) in [7, 11) is 0. The number of fused-ring (bicyclic) bond motifs is 6. The van der Waals surface area contributed by atoms with E-state index in [1.807, 2.05) is 84.9 Å². The Morgan fingerprint density at radius 2 is 0.742 bits per heavy atom. The Morgan fingerprint density at radius 1 is 0.306 bits per heavy atom. The minimum Gasteiger partial charge on any atom is -0.278 e. The lowest BCUT2D eigenvalue weighted by molar-refractivity contribution is 0.893. The highest BCUT2D eigenvalue weighted by atomic mass is 15.3. The highest BCUT2D eigenvalue weighted by molar-refractivity contribution is 6.10. The number of benzene rings is 9. The molecule has 3 heterocycles. The third-order valence-electron chi connectivity index (χ3n) is 10.6. The van der Waals surface area contributed by atoms with Crippen LogP contribution in [-0.4, -0.2) is 24.1 Å². The van der Waals surface area contributed by atoms with Gasteiger partial charge < -0.3 is 0 Å². The fraction of sp³-hybridized carbons (Fsp3) is 0. The molecule has 0 atom stereocenters. The summed E-state index contributed by atoms with van der Waals surface area (Å²) >= 11 is 0. The van der Waals surface area contributed by atoms with Crippen LogP contribution in [0, 0.1) is 0 Å². The van der Waals surface area contributed by atoms with Gasteiger partial charge in [0, 0.05) is 27.1 Å². The molecular formula is C57H37N5. The molecule has 0 fully saturated rings. The first-order valence-corrected chi connectivity index (χ1v) is 19.3. The Bertz CT molecular complexity index is 4700. The predicted octanol–water partition coefficient (Wildman–Crippen LogP) is 14.4. The third kappa shape index (κ3) is 6.06. The monoisotopic (exact) mass is 811 g/mol. The maximum atomic E-state index is 9.92. The van der Waals surface area contributed by atoms with Crippen molar-refractivity contribution in [3.63, 3.8) is 0 Å². The van der Waals surface area contributed by atoms with E-state index in [2.05, 4.69) is 0 Å². The lowest BCUT2D eigenvalue weighted by Gasteiger charge is -2.13. The Kier molecular flexibility index (Phi) is 4.91. The average Bonchev–Trinajstić information content (AvgIpc) is 1.67. The van der Waals surface area contributed by atoms with Gasteiger partial charge in [0.25, 0.3) is 0 Å². The summed E-state index contributed by atoms with van der Waals surface area (Å²) in [5.74, 6) is -1.38. The molecule has 0 saturated carbocycles. The molecule has 0 aliphatic carbocycles. The molecule has 290 valence electrons. The molecule has 0 radical (unpaired) electrons. The standard InChI is InChI=1S/C57H37N5/c1-3-15-38(16-4-1)40-29-31-41(32-30-40)42-19-13-20-43(35-42)44-21-14-22-46(36-44)55-58-56(61-51-26-10-7-23-47(51)48-24-8-11-27-52(48)61)60-57(59-55)62-53-28-12-9-25-49(53)50-34-33-45(37-54(50)62)39-17-5-2-6-18-39/h1-37H/i2D,5D,6D,7D,8D,9D,10D,11D,12D,17D,18D,23D,24D,25D,26D,27D,28D,33D,34D,37D. The fourth-order valence-corrected chi connectivity index (χ4v) is 7.72. The zero-order chi connectivity index (χ0) is 58.4. The van der Waals surface area contributed by atoms with E-state index in [4.69, 9.17) is 32.8 Å². The van der Waals surface area contributed by atoms with Crippen LogP contribution in [0.5, 0.6) is 0 Å². The van der Waals surface area contributed by atoms with E-state index in [-0.39, 0.29) is 38.6 Å². The summed E-state index contributed by atoms with van der Waals surface area (Å²) in [5, 5.41) is -1.44. The van der Waals surface area contributed by atoms with Gasteiger partial charge in [-0.2, -0.15) is 15.0 Å². The van der Waals surface area contributed by atoms with E-state index in [0.717, 1.165) is 37.0 Å². The van der Waals surface area contributed by atoms with Gasteiger partial charge in [-0.3, -0.25) is 9.13 Å². The van der Waals surface area contributed by atoms with Gasteiger partial charge in [0.15, 0.2) is 5.82 Å². The summed E-state index contributed by atoms with van der Waals surface area (Å²) in [6, 6.07) is 17.5. The number of hydrogen-bond donors (Lipinski definition) is 0. The molecule has 9 aromatic carbocycles. The third-order valence-corrected chi connectivity index (χ3v) is 10.6. The van der Waals surface area contributed by atoms with Gasteiger partial charge in [0.1, 0.15) is 0 Å². The molecular weight excluding hydrogens is 755 g/mol. The van der Waals surface area contributed by atoms with E-state index >= 15 is 0 Å². The van der Waals surface area contributed by atoms with Crippen molar-refractivity contribution in [3.05, 3.63) is 224 Å². The van der Waals surface area contributed by atoms with Crippen molar-refractivity contribution in [1.29, 1.82) is 0 Å². The van der Waals surface area contributed by atoms with Gasteiger partial charge in [-0.05, 0) is 80.8 Å². The van der Waals surface area contributed by atoms with Crippen LogP contribution in [0.3, 0.4) is 0 Å². The van der Waals surface area contributed by atoms with Crippen molar-refractivity contribution in [1.82, 2.24) is 24.1 Å². The zero-order valence-corrected chi connectivity index (χ0v) is 32.1. The van der Waals surface area contributed by atoms with Gasteiger partial charge in [-0.15, -0.1) is 0 Å². The van der Waals surface area contributed by atoms with E-state index in [0.29, 0.717) is 5.56 Å². The lowest BCUT2D eigenvalue weighted by atomic mass is 9.96. The second-order valence-electron chi connectivity index (χ2n) is 14.2. The van der Waals surface area contributed by atoms with Crippen molar-refractivity contribution in [3.8, 4) is 67.8 Å². The van der Waals surface area contributed by atoms with E-state index < -0.39 is 160 Å². The molecule has 0 bridgehead atoms. The molecule has 0 N–H and O–H groups in total. The highest BCUT2D eigenvalue weighted by Gasteiger charge is 2.21. The largest absolute Gasteiger partial charge is 0.278 e. The van der Waals surface area contributed by atoms with Crippen LogP contribution in [0.25, 0.3) is 111 Å². The molecule has 0 saturated heterocycles. The van der Waals surface area contributed by atoms with Gasteiger partial charge >= 0.3 is 0 Å². The topological polar surface area (TPSA) is 48.5 Å². The molecule has 5 nitrogen and oxygen atoms in total. The summed E-state index contributed by atoms with van der Waals surface area (Å²) < 4.78 is 182. The molecule has 5 heteroatoms. The van der Waals surface area contributed by atoms with Crippen LogP contribution < -0.4 is 0 Å². The molecule has 0 aliphatic rings. The molecule has 3 aromatic heterocycles. The second-order valence-corrected chi connectivity index (χ2v) is 14.2. The van der Waals surface area contributed by atoms with Crippen LogP contribution in [0.1, 0.15) is 27.4 Å². The maximum Gasteiger partial charge on any atom is 0.240 e. The predicted molar refractivity (Wildman–Crippen MR) is 256 cm³/mol. The van der Waals surface area contributed by atoms with E-state index in [9.17, 15) is 9.60 Å². The molecule has 12 aromatic rings. The van der Waals surface area contributed by atoms with Gasteiger partial charge in [0.2, 0.25) is 11.9 Å². The van der Waals surface area contributed by atoms with Crippen LogP contribution in [0.4, 0.5) is 0 Å². The number of rotatable bonds is 7. The van der Waals surface area contributed by atoms with Gasteiger partial charge in [-0.1, -0.05) is 188 Å². The number of hydrogen-bond acceptors (Lipinski definition) is 3. The summed E-state index contributed by atoms with van der Waals surface area (Å²) in [5.41, 5.74) is 2.51. The van der Waals surface area contributed by atoms with Crippen molar-refractivity contribution < 1.29 is 27.4 Å². The van der Waals surface area contributed by atoms with Crippen LogP contribution in [0.2, 0.25) is 0 Å². The first-order valence-electron chi connectivity index (χ1n) is 29.3. The van der Waals surface area contributed by atoms with Crippen molar-refractivity contribution in [2.75, 3.05) is 0 Å². The number of para-hydroxylation sites is 3. The molecule has 0 aliphatic heterocycles. The lowest BCUT2D eigenvalue weighted by Crippen LogP contribution is -2.10. The van der Waals surface area contributed by atoms with Crippen molar-refractivity contribution in [2.45, 2.75) is 0 Å². The van der Waals surface area contributed by atoms with E-state index in [1.165, 1.54) is 0 Å². The normalized spacial score (nSPS) is 16.1. The molecule has 0 unspecified atom stereocenters. The first-order chi connectivity index (χ1) is 39.0. The summed E-state index contributed by atoms with van der Waals surface area (Å²) in [6.07, 6.45) is 0. The van der Waals surface area contributed by atoms with Crippen LogP contribution in [-0.2, 0) is 0 Å². The van der Waals surface area contributed by atoms with Crippen molar-refractivity contribution >= 4 is 43.6 Å².